The average molecular weight is 517 g/mol. The summed E-state index contributed by atoms with van der Waals surface area (Å²) in [7, 11) is 1.78. The first kappa shape index (κ1) is 23.8. The maximum absolute atomic E-state index is 13.3. The number of thiocarbonyl (C=S) groups is 1. The predicted octanol–water partition coefficient (Wildman–Crippen LogP) is 5.42. The van der Waals surface area contributed by atoms with Gasteiger partial charge in [-0.25, -0.2) is 0 Å². The molecule has 0 aromatic heterocycles. The molecule has 1 fully saturated rings. The second-order valence-electron chi connectivity index (χ2n) is 6.80. The molecule has 3 rings (SSSR count). The zero-order chi connectivity index (χ0) is 23.3. The van der Waals surface area contributed by atoms with Crippen LogP contribution in [0.5, 0.6) is 17.2 Å². The highest BCUT2D eigenvalue weighted by atomic mass is 79.9. The predicted molar refractivity (Wildman–Crippen MR) is 134 cm³/mol. The minimum Gasteiger partial charge on any atom is -0.494 e. The van der Waals surface area contributed by atoms with Crippen LogP contribution in [0.1, 0.15) is 19.4 Å². The van der Waals surface area contributed by atoms with Gasteiger partial charge in [-0.1, -0.05) is 12.7 Å². The van der Waals surface area contributed by atoms with E-state index in [2.05, 4.69) is 22.5 Å². The molecule has 0 aliphatic carbocycles. The van der Waals surface area contributed by atoms with Crippen LogP contribution in [0.4, 0.5) is 5.69 Å². The molecule has 1 amide bonds. The topological polar surface area (TPSA) is 51.2 Å². The first-order valence-electron chi connectivity index (χ1n) is 10.2. The van der Waals surface area contributed by atoms with Gasteiger partial charge >= 0.3 is 0 Å². The van der Waals surface area contributed by atoms with Gasteiger partial charge in [-0.15, -0.1) is 0 Å². The summed E-state index contributed by atoms with van der Waals surface area (Å²) in [6.45, 7) is 8.91. The van der Waals surface area contributed by atoms with Gasteiger partial charge in [-0.3, -0.25) is 9.69 Å². The zero-order valence-electron chi connectivity index (χ0n) is 18.3. The highest BCUT2D eigenvalue weighted by molar-refractivity contribution is 9.10. The van der Waals surface area contributed by atoms with Crippen LogP contribution in [0.2, 0.25) is 0 Å². The van der Waals surface area contributed by atoms with Crippen molar-refractivity contribution in [3.05, 3.63) is 64.8 Å². The summed E-state index contributed by atoms with van der Waals surface area (Å²) in [6.07, 6.45) is 3.45. The molecule has 1 aliphatic rings. The van der Waals surface area contributed by atoms with Gasteiger partial charge in [0.15, 0.2) is 16.6 Å². The van der Waals surface area contributed by atoms with Crippen LogP contribution < -0.4 is 19.1 Å². The van der Waals surface area contributed by atoms with Crippen LogP contribution in [0.15, 0.2) is 59.2 Å². The van der Waals surface area contributed by atoms with Crippen molar-refractivity contribution in [2.45, 2.75) is 13.8 Å². The third-order valence-electron chi connectivity index (χ3n) is 4.65. The maximum atomic E-state index is 13.3. The number of amides is 1. The number of rotatable bonds is 9. The van der Waals surface area contributed by atoms with Crippen molar-refractivity contribution >= 4 is 50.9 Å². The summed E-state index contributed by atoms with van der Waals surface area (Å²) in [5.41, 5.74) is 1.92. The largest absolute Gasteiger partial charge is 0.494 e. The molecule has 2 aromatic rings. The Morgan fingerprint density at radius 3 is 2.41 bits per heavy atom. The molecule has 8 heteroatoms. The van der Waals surface area contributed by atoms with Gasteiger partial charge in [0, 0.05) is 7.05 Å². The Bertz CT molecular complexity index is 1050. The van der Waals surface area contributed by atoms with Gasteiger partial charge in [-0.05, 0) is 90.0 Å². The van der Waals surface area contributed by atoms with E-state index in [-0.39, 0.29) is 5.91 Å². The standard InChI is InChI=1S/C24H25BrN2O4S/c1-5-12-31-22-19(25)13-16(15-21(22)30-7-3)14-20-23(28)27(24(32)26(20)4)17-8-10-18(11-9-17)29-6-2/h5,8-11,13-15H,1,6-7,12H2,2-4H3/b20-14-. The van der Waals surface area contributed by atoms with Crippen molar-refractivity contribution in [1.82, 2.24) is 4.90 Å². The average Bonchev–Trinajstić information content (AvgIpc) is 2.97. The molecule has 2 aromatic carbocycles. The Kier molecular flexibility index (Phi) is 7.93. The molecule has 0 unspecified atom stereocenters. The minimum absolute atomic E-state index is 0.206. The number of hydrogen-bond acceptors (Lipinski definition) is 5. The molecule has 0 atom stereocenters. The molecule has 6 nitrogen and oxygen atoms in total. The van der Waals surface area contributed by atoms with Crippen LogP contribution in [-0.2, 0) is 4.79 Å². The second kappa shape index (κ2) is 10.7. The minimum atomic E-state index is -0.206. The fraction of sp³-hybridized carbons (Fsp3) is 0.250. The molecule has 0 N–H and O–H groups in total. The van der Waals surface area contributed by atoms with Gasteiger partial charge in [0.1, 0.15) is 18.1 Å². The van der Waals surface area contributed by atoms with Crippen LogP contribution in [0.3, 0.4) is 0 Å². The van der Waals surface area contributed by atoms with E-state index < -0.39 is 0 Å². The molecule has 1 heterocycles. The van der Waals surface area contributed by atoms with Crippen molar-refractivity contribution < 1.29 is 19.0 Å². The Morgan fingerprint density at radius 1 is 1.09 bits per heavy atom. The first-order chi connectivity index (χ1) is 15.4. The van der Waals surface area contributed by atoms with Gasteiger partial charge in [-0.2, -0.15) is 0 Å². The third kappa shape index (κ3) is 4.97. The molecule has 0 radical (unpaired) electrons. The molecular formula is C24H25BrN2O4S. The number of anilines is 1. The van der Waals surface area contributed by atoms with E-state index in [1.807, 2.05) is 50.2 Å². The van der Waals surface area contributed by atoms with E-state index in [0.717, 1.165) is 15.8 Å². The molecule has 0 saturated carbocycles. The lowest BCUT2D eigenvalue weighted by Crippen LogP contribution is -2.31. The quantitative estimate of drug-likeness (QED) is 0.252. The molecular weight excluding hydrogens is 492 g/mol. The van der Waals surface area contributed by atoms with Gasteiger partial charge in [0.05, 0.1) is 23.4 Å². The summed E-state index contributed by atoms with van der Waals surface area (Å²) in [5, 5.41) is 0.403. The maximum Gasteiger partial charge on any atom is 0.281 e. The van der Waals surface area contributed by atoms with Crippen molar-refractivity contribution in [2.24, 2.45) is 0 Å². The number of carbonyl (C=O) groups is 1. The summed E-state index contributed by atoms with van der Waals surface area (Å²) in [6, 6.07) is 11.0. The lowest BCUT2D eigenvalue weighted by atomic mass is 10.1. The second-order valence-corrected chi connectivity index (χ2v) is 8.02. The van der Waals surface area contributed by atoms with E-state index in [1.54, 1.807) is 24.1 Å². The lowest BCUT2D eigenvalue weighted by molar-refractivity contribution is -0.114. The van der Waals surface area contributed by atoms with Crippen molar-refractivity contribution in [3.8, 4) is 17.2 Å². The van der Waals surface area contributed by atoms with Crippen LogP contribution >= 0.6 is 28.1 Å². The Morgan fingerprint density at radius 2 is 1.78 bits per heavy atom. The first-order valence-corrected chi connectivity index (χ1v) is 11.4. The van der Waals surface area contributed by atoms with Crippen molar-refractivity contribution in [1.29, 1.82) is 0 Å². The van der Waals surface area contributed by atoms with Gasteiger partial charge in [0.25, 0.3) is 5.91 Å². The van der Waals surface area contributed by atoms with Crippen LogP contribution in [0.25, 0.3) is 6.08 Å². The molecule has 1 aliphatic heterocycles. The van der Waals surface area contributed by atoms with Crippen molar-refractivity contribution in [3.63, 3.8) is 0 Å². The van der Waals surface area contributed by atoms with E-state index in [4.69, 9.17) is 26.4 Å². The van der Waals surface area contributed by atoms with Crippen molar-refractivity contribution in [2.75, 3.05) is 31.8 Å². The highest BCUT2D eigenvalue weighted by Crippen LogP contribution is 2.38. The number of ether oxygens (including phenoxy) is 3. The van der Waals surface area contributed by atoms with E-state index in [1.165, 1.54) is 4.90 Å². The lowest BCUT2D eigenvalue weighted by Gasteiger charge is -2.16. The molecule has 0 spiro atoms. The fourth-order valence-corrected chi connectivity index (χ4v) is 4.08. The smallest absolute Gasteiger partial charge is 0.281 e. The number of likely N-dealkylation sites (N-methyl/N-ethyl adjacent to an activating group) is 1. The number of hydrogen-bond donors (Lipinski definition) is 0. The Balaban J connectivity index is 1.95. The number of nitrogens with zero attached hydrogens (tertiary/aromatic N) is 2. The third-order valence-corrected chi connectivity index (χ3v) is 5.69. The molecule has 0 bridgehead atoms. The zero-order valence-corrected chi connectivity index (χ0v) is 20.7. The normalized spacial score (nSPS) is 14.8. The number of carbonyl (C=O) groups excluding carboxylic acids is 1. The molecule has 168 valence electrons. The Labute approximate surface area is 202 Å². The Hall–Kier alpha value is -2.84. The summed E-state index contributed by atoms with van der Waals surface area (Å²) < 4.78 is 17.7. The van der Waals surface area contributed by atoms with Gasteiger partial charge < -0.3 is 19.1 Å². The number of halogens is 1. The SMILES string of the molecule is C=CCOc1c(Br)cc(/C=C2/C(=O)N(c3ccc(OCC)cc3)C(=S)N2C)cc1OCC. The molecule has 1 saturated heterocycles. The summed E-state index contributed by atoms with van der Waals surface area (Å²) >= 11 is 9.10. The fourth-order valence-electron chi connectivity index (χ4n) is 3.22. The van der Waals surface area contributed by atoms with Gasteiger partial charge in [0.2, 0.25) is 0 Å². The van der Waals surface area contributed by atoms with E-state index in [9.17, 15) is 4.79 Å². The van der Waals surface area contributed by atoms with E-state index in [0.29, 0.717) is 47.8 Å². The summed E-state index contributed by atoms with van der Waals surface area (Å²) in [5.74, 6) is 1.70. The molecule has 32 heavy (non-hydrogen) atoms. The highest BCUT2D eigenvalue weighted by Gasteiger charge is 2.36. The van der Waals surface area contributed by atoms with Crippen LogP contribution in [0, 0.1) is 0 Å². The monoisotopic (exact) mass is 516 g/mol. The summed E-state index contributed by atoms with van der Waals surface area (Å²) in [4.78, 5) is 16.5. The van der Waals surface area contributed by atoms with E-state index >= 15 is 0 Å². The van der Waals surface area contributed by atoms with Crippen LogP contribution in [-0.4, -0.2) is 42.8 Å². The number of benzene rings is 2.